The van der Waals surface area contributed by atoms with Gasteiger partial charge in [0.1, 0.15) is 6.04 Å². The van der Waals surface area contributed by atoms with Crippen molar-refractivity contribution in [3.05, 3.63) is 12.1 Å². The van der Waals surface area contributed by atoms with Crippen LogP contribution in [0.2, 0.25) is 0 Å². The van der Waals surface area contributed by atoms with Crippen molar-refractivity contribution in [2.75, 3.05) is 31.0 Å². The number of nitrogens with zero attached hydrogens (tertiary/aromatic N) is 1. The number of hydrogen-bond donors (Lipinski definition) is 2. The van der Waals surface area contributed by atoms with E-state index in [1.165, 1.54) is 7.11 Å². The fourth-order valence-corrected chi connectivity index (χ4v) is 2.49. The molecular weight excluding hydrogens is 286 g/mol. The third-order valence-corrected chi connectivity index (χ3v) is 3.68. The maximum Gasteiger partial charge on any atom is 0.249 e. The predicted molar refractivity (Wildman–Crippen MR) is 83.4 cm³/mol. The van der Waals surface area contributed by atoms with Gasteiger partial charge >= 0.3 is 0 Å². The second-order valence-electron chi connectivity index (χ2n) is 5.04. The van der Waals surface area contributed by atoms with E-state index < -0.39 is 5.91 Å². The first kappa shape index (κ1) is 15.9. The zero-order valence-electron chi connectivity index (χ0n) is 13.0. The Balaban J connectivity index is 2.45. The largest absolute Gasteiger partial charge is 0.493 e. The summed E-state index contributed by atoms with van der Waals surface area (Å²) in [6, 6.07) is 3.19. The third-order valence-electron chi connectivity index (χ3n) is 3.68. The Morgan fingerprint density at radius 2 is 1.95 bits per heavy atom. The van der Waals surface area contributed by atoms with Crippen molar-refractivity contribution in [3.63, 3.8) is 0 Å². The van der Waals surface area contributed by atoms with Gasteiger partial charge in [-0.2, -0.15) is 0 Å². The summed E-state index contributed by atoms with van der Waals surface area (Å²) in [5.74, 6) is 0.576. The summed E-state index contributed by atoms with van der Waals surface area (Å²) in [5, 5.41) is 3.20. The summed E-state index contributed by atoms with van der Waals surface area (Å²) in [4.78, 5) is 25.2. The predicted octanol–water partition coefficient (Wildman–Crippen LogP) is 1.12. The molecule has 1 aliphatic heterocycles. The number of hydrogen-bond acceptors (Lipinski definition) is 5. The standard InChI is InChI=1S/C15H21N3O4/c1-4-9-15(20)18(6-5-14(16)19)11-8-13(22-3)12(21-2)7-10(11)17-9/h7-9,17H,4-6H2,1-3H3,(H2,16,19). The van der Waals surface area contributed by atoms with Crippen molar-refractivity contribution in [2.45, 2.75) is 25.8 Å². The first-order valence-electron chi connectivity index (χ1n) is 7.14. The molecule has 1 atom stereocenters. The van der Waals surface area contributed by atoms with Crippen molar-refractivity contribution < 1.29 is 19.1 Å². The number of amides is 2. The number of primary amides is 1. The van der Waals surface area contributed by atoms with Crippen molar-refractivity contribution in [3.8, 4) is 11.5 Å². The Morgan fingerprint density at radius 1 is 1.32 bits per heavy atom. The molecule has 0 fully saturated rings. The first-order chi connectivity index (χ1) is 10.5. The number of anilines is 2. The quantitative estimate of drug-likeness (QED) is 0.821. The Labute approximate surface area is 129 Å². The van der Waals surface area contributed by atoms with Crippen LogP contribution in [0.3, 0.4) is 0 Å². The van der Waals surface area contributed by atoms with Gasteiger partial charge < -0.3 is 25.4 Å². The molecule has 1 heterocycles. The number of carbonyl (C=O) groups is 2. The van der Waals surface area contributed by atoms with E-state index in [9.17, 15) is 9.59 Å². The molecule has 22 heavy (non-hydrogen) atoms. The van der Waals surface area contributed by atoms with Gasteiger partial charge in [0.25, 0.3) is 0 Å². The van der Waals surface area contributed by atoms with Crippen molar-refractivity contribution in [1.82, 2.24) is 0 Å². The molecule has 0 bridgehead atoms. The molecule has 120 valence electrons. The Bertz CT molecular complexity index is 588. The van der Waals surface area contributed by atoms with Crippen LogP contribution in [-0.2, 0) is 9.59 Å². The summed E-state index contributed by atoms with van der Waals surface area (Å²) >= 11 is 0. The number of rotatable bonds is 6. The molecule has 2 amide bonds. The van der Waals surface area contributed by atoms with Crippen LogP contribution in [0.5, 0.6) is 11.5 Å². The van der Waals surface area contributed by atoms with Gasteiger partial charge in [-0.25, -0.2) is 0 Å². The van der Waals surface area contributed by atoms with Crippen LogP contribution < -0.4 is 25.4 Å². The molecule has 0 aliphatic carbocycles. The van der Waals surface area contributed by atoms with Gasteiger partial charge in [0.15, 0.2) is 11.5 Å². The maximum atomic E-state index is 12.5. The van der Waals surface area contributed by atoms with Gasteiger partial charge in [-0.1, -0.05) is 6.92 Å². The number of carbonyl (C=O) groups excluding carboxylic acids is 2. The van der Waals surface area contributed by atoms with Gasteiger partial charge in [-0.15, -0.1) is 0 Å². The van der Waals surface area contributed by atoms with E-state index in [0.29, 0.717) is 23.6 Å². The second kappa shape index (κ2) is 6.55. The smallest absolute Gasteiger partial charge is 0.249 e. The number of fused-ring (bicyclic) bond motifs is 1. The third kappa shape index (κ3) is 2.93. The monoisotopic (exact) mass is 307 g/mol. The fourth-order valence-electron chi connectivity index (χ4n) is 2.49. The van der Waals surface area contributed by atoms with Crippen LogP contribution in [0.1, 0.15) is 19.8 Å². The lowest BCUT2D eigenvalue weighted by atomic mass is 10.1. The zero-order chi connectivity index (χ0) is 16.3. The lowest BCUT2D eigenvalue weighted by Crippen LogP contribution is -2.47. The summed E-state index contributed by atoms with van der Waals surface area (Å²) in [7, 11) is 3.09. The highest BCUT2D eigenvalue weighted by Gasteiger charge is 2.32. The lowest BCUT2D eigenvalue weighted by molar-refractivity contribution is -0.120. The topological polar surface area (TPSA) is 93.9 Å². The Morgan fingerprint density at radius 3 is 2.50 bits per heavy atom. The molecular formula is C15H21N3O4. The summed E-state index contributed by atoms with van der Waals surface area (Å²) in [6.07, 6.45) is 0.746. The normalized spacial score (nSPS) is 16.8. The van der Waals surface area contributed by atoms with E-state index in [0.717, 1.165) is 5.69 Å². The molecule has 3 N–H and O–H groups in total. The number of benzene rings is 1. The Hall–Kier alpha value is -2.44. The highest BCUT2D eigenvalue weighted by molar-refractivity contribution is 6.05. The Kier molecular flexibility index (Phi) is 4.75. The molecule has 7 nitrogen and oxygen atoms in total. The molecule has 1 unspecified atom stereocenters. The van der Waals surface area contributed by atoms with E-state index in [4.69, 9.17) is 15.2 Å². The van der Waals surface area contributed by atoms with E-state index >= 15 is 0 Å². The number of ether oxygens (including phenoxy) is 2. The average molecular weight is 307 g/mol. The number of nitrogens with two attached hydrogens (primary N) is 1. The minimum atomic E-state index is -0.443. The van der Waals surface area contributed by atoms with Gasteiger partial charge in [-0.05, 0) is 6.42 Å². The SMILES string of the molecule is CCC1Nc2cc(OC)c(OC)cc2N(CCC(N)=O)C1=O. The van der Waals surface area contributed by atoms with E-state index in [2.05, 4.69) is 5.32 Å². The highest BCUT2D eigenvalue weighted by atomic mass is 16.5. The second-order valence-corrected chi connectivity index (χ2v) is 5.04. The molecule has 0 saturated carbocycles. The number of methoxy groups -OCH3 is 2. The summed E-state index contributed by atoms with van der Waals surface area (Å²) < 4.78 is 10.6. The molecule has 1 aromatic carbocycles. The molecule has 0 aromatic heterocycles. The van der Waals surface area contributed by atoms with Gasteiger partial charge in [-0.3, -0.25) is 9.59 Å². The molecule has 0 spiro atoms. The average Bonchev–Trinajstić information content (AvgIpc) is 2.51. The van der Waals surface area contributed by atoms with Gasteiger partial charge in [0.2, 0.25) is 11.8 Å². The van der Waals surface area contributed by atoms with E-state index in [1.807, 2.05) is 6.92 Å². The lowest BCUT2D eigenvalue weighted by Gasteiger charge is -2.35. The van der Waals surface area contributed by atoms with Crippen LogP contribution in [0.15, 0.2) is 12.1 Å². The van der Waals surface area contributed by atoms with E-state index in [1.54, 1.807) is 24.1 Å². The fraction of sp³-hybridized carbons (Fsp3) is 0.467. The minimum Gasteiger partial charge on any atom is -0.493 e. The van der Waals surface area contributed by atoms with Gasteiger partial charge in [0.05, 0.1) is 25.6 Å². The van der Waals surface area contributed by atoms with Crippen molar-refractivity contribution >= 4 is 23.2 Å². The van der Waals surface area contributed by atoms with Crippen molar-refractivity contribution in [1.29, 1.82) is 0 Å². The van der Waals surface area contributed by atoms with E-state index in [-0.39, 0.29) is 24.9 Å². The highest BCUT2D eigenvalue weighted by Crippen LogP contribution is 2.41. The van der Waals surface area contributed by atoms with Crippen LogP contribution in [0, 0.1) is 0 Å². The molecule has 7 heteroatoms. The van der Waals surface area contributed by atoms with Crippen LogP contribution in [0.25, 0.3) is 0 Å². The zero-order valence-corrected chi connectivity index (χ0v) is 13.0. The first-order valence-corrected chi connectivity index (χ1v) is 7.14. The van der Waals surface area contributed by atoms with Crippen LogP contribution in [-0.4, -0.2) is 38.6 Å². The molecule has 1 aliphatic rings. The molecule has 2 rings (SSSR count). The molecule has 0 radical (unpaired) electrons. The molecule has 1 aromatic rings. The number of nitrogens with one attached hydrogen (secondary N) is 1. The maximum absolute atomic E-state index is 12.5. The van der Waals surface area contributed by atoms with Crippen LogP contribution >= 0.6 is 0 Å². The van der Waals surface area contributed by atoms with Gasteiger partial charge in [0, 0.05) is 25.1 Å². The summed E-state index contributed by atoms with van der Waals surface area (Å²) in [6.45, 7) is 2.17. The van der Waals surface area contributed by atoms with Crippen LogP contribution in [0.4, 0.5) is 11.4 Å². The summed E-state index contributed by atoms with van der Waals surface area (Å²) in [5.41, 5.74) is 6.64. The molecule has 0 saturated heterocycles. The minimum absolute atomic E-state index is 0.0801. The van der Waals surface area contributed by atoms with Crippen molar-refractivity contribution in [2.24, 2.45) is 5.73 Å².